The molecule has 72 valence electrons. The van der Waals surface area contributed by atoms with Crippen LogP contribution in [0.3, 0.4) is 0 Å². The minimum Gasteiger partial charge on any atom is -0.338 e. The number of hydrogen-bond donors (Lipinski definition) is 0. The third-order valence-electron chi connectivity index (χ3n) is 2.29. The Labute approximate surface area is 78.4 Å². The van der Waals surface area contributed by atoms with Crippen molar-refractivity contribution in [2.75, 3.05) is 13.1 Å². The highest BCUT2D eigenvalue weighted by Crippen LogP contribution is 2.12. The molecule has 0 saturated carbocycles. The zero-order chi connectivity index (χ0) is 9.84. The van der Waals surface area contributed by atoms with Crippen LogP contribution in [0.5, 0.6) is 0 Å². The second-order valence-corrected chi connectivity index (χ2v) is 3.40. The molecule has 0 aromatic heterocycles. The van der Waals surface area contributed by atoms with Crippen molar-refractivity contribution in [1.29, 1.82) is 0 Å². The molecule has 1 unspecified atom stereocenters. The maximum Gasteiger partial charge on any atom is 0.246 e. The molecule has 1 saturated heterocycles. The van der Waals surface area contributed by atoms with Gasteiger partial charge in [0.15, 0.2) is 0 Å². The van der Waals surface area contributed by atoms with Gasteiger partial charge >= 0.3 is 0 Å². The van der Waals surface area contributed by atoms with E-state index in [0.29, 0.717) is 19.5 Å². The van der Waals surface area contributed by atoms with E-state index < -0.39 is 0 Å². The fourth-order valence-corrected chi connectivity index (χ4v) is 1.46. The standard InChI is InChI=1S/C10H15NO2/c1-3-4-10(13)11-6-5-9(12)8(2)7-11/h3-4,8H,5-7H2,1-2H3/b4-3+. The molecule has 0 bridgehead atoms. The van der Waals surface area contributed by atoms with Crippen LogP contribution in [0.1, 0.15) is 20.3 Å². The fraction of sp³-hybridized carbons (Fsp3) is 0.600. The Kier molecular flexibility index (Phi) is 3.23. The Morgan fingerprint density at radius 3 is 2.85 bits per heavy atom. The third-order valence-corrected chi connectivity index (χ3v) is 2.29. The average Bonchev–Trinajstić information content (AvgIpc) is 2.10. The van der Waals surface area contributed by atoms with Crippen LogP contribution in [0.25, 0.3) is 0 Å². The predicted molar refractivity (Wildman–Crippen MR) is 50.2 cm³/mol. The van der Waals surface area contributed by atoms with Gasteiger partial charge in [0.05, 0.1) is 0 Å². The van der Waals surface area contributed by atoms with E-state index in [1.54, 1.807) is 17.1 Å². The van der Waals surface area contributed by atoms with Gasteiger partial charge in [-0.2, -0.15) is 0 Å². The highest BCUT2D eigenvalue weighted by atomic mass is 16.2. The summed E-state index contributed by atoms with van der Waals surface area (Å²) in [6, 6.07) is 0. The summed E-state index contributed by atoms with van der Waals surface area (Å²) in [5, 5.41) is 0. The number of allylic oxidation sites excluding steroid dienone is 1. The number of carbonyl (C=O) groups excluding carboxylic acids is 2. The molecule has 1 fully saturated rings. The van der Waals surface area contributed by atoms with Crippen molar-refractivity contribution in [1.82, 2.24) is 4.90 Å². The normalized spacial score (nSPS) is 24.0. The van der Waals surface area contributed by atoms with Gasteiger partial charge in [0.2, 0.25) is 5.91 Å². The van der Waals surface area contributed by atoms with E-state index in [2.05, 4.69) is 0 Å². The van der Waals surface area contributed by atoms with Gasteiger partial charge in [-0.05, 0) is 13.0 Å². The van der Waals surface area contributed by atoms with Crippen molar-refractivity contribution in [3.8, 4) is 0 Å². The summed E-state index contributed by atoms with van der Waals surface area (Å²) in [7, 11) is 0. The summed E-state index contributed by atoms with van der Waals surface area (Å²) in [6.07, 6.45) is 3.77. The van der Waals surface area contributed by atoms with E-state index in [-0.39, 0.29) is 17.6 Å². The van der Waals surface area contributed by atoms with Crippen LogP contribution in [0.15, 0.2) is 12.2 Å². The first kappa shape index (κ1) is 9.96. The number of amides is 1. The number of hydrogen-bond acceptors (Lipinski definition) is 2. The number of nitrogens with zero attached hydrogens (tertiary/aromatic N) is 1. The molecule has 1 atom stereocenters. The van der Waals surface area contributed by atoms with E-state index in [1.807, 2.05) is 13.8 Å². The number of likely N-dealkylation sites (tertiary alicyclic amines) is 1. The van der Waals surface area contributed by atoms with Crippen LogP contribution in [-0.4, -0.2) is 29.7 Å². The van der Waals surface area contributed by atoms with Crippen LogP contribution in [0.2, 0.25) is 0 Å². The van der Waals surface area contributed by atoms with Gasteiger partial charge in [0.25, 0.3) is 0 Å². The minimum absolute atomic E-state index is 0.00274. The molecule has 13 heavy (non-hydrogen) atoms. The Morgan fingerprint density at radius 2 is 2.31 bits per heavy atom. The van der Waals surface area contributed by atoms with Crippen LogP contribution in [-0.2, 0) is 9.59 Å². The van der Waals surface area contributed by atoms with Crippen LogP contribution in [0.4, 0.5) is 0 Å². The molecule has 1 rings (SSSR count). The van der Waals surface area contributed by atoms with Crippen LogP contribution in [0, 0.1) is 5.92 Å². The minimum atomic E-state index is 0.00274. The highest BCUT2D eigenvalue weighted by molar-refractivity contribution is 5.90. The summed E-state index contributed by atoms with van der Waals surface area (Å²) in [5.74, 6) is 0.286. The van der Waals surface area contributed by atoms with Gasteiger partial charge < -0.3 is 4.90 Å². The lowest BCUT2D eigenvalue weighted by Gasteiger charge is -2.29. The van der Waals surface area contributed by atoms with Crippen molar-refractivity contribution in [2.45, 2.75) is 20.3 Å². The molecular formula is C10H15NO2. The molecule has 1 heterocycles. The highest BCUT2D eigenvalue weighted by Gasteiger charge is 2.25. The van der Waals surface area contributed by atoms with Gasteiger partial charge in [-0.25, -0.2) is 0 Å². The van der Waals surface area contributed by atoms with Gasteiger partial charge in [-0.15, -0.1) is 0 Å². The SMILES string of the molecule is C/C=C/C(=O)N1CCC(=O)C(C)C1. The van der Waals surface area contributed by atoms with Crippen molar-refractivity contribution in [3.63, 3.8) is 0 Å². The van der Waals surface area contributed by atoms with Gasteiger partial charge in [-0.1, -0.05) is 13.0 Å². The zero-order valence-electron chi connectivity index (χ0n) is 8.12. The topological polar surface area (TPSA) is 37.4 Å². The molecule has 0 spiro atoms. The number of rotatable bonds is 1. The number of ketones is 1. The van der Waals surface area contributed by atoms with Gasteiger partial charge in [-0.3, -0.25) is 9.59 Å². The molecule has 0 aromatic rings. The second kappa shape index (κ2) is 4.21. The van der Waals surface area contributed by atoms with E-state index >= 15 is 0 Å². The third kappa shape index (κ3) is 2.41. The molecule has 0 radical (unpaired) electrons. The molecule has 1 aliphatic heterocycles. The van der Waals surface area contributed by atoms with Crippen molar-refractivity contribution in [2.24, 2.45) is 5.92 Å². The Bertz CT molecular complexity index is 245. The first-order valence-corrected chi connectivity index (χ1v) is 4.59. The zero-order valence-corrected chi connectivity index (χ0v) is 8.12. The molecule has 1 aliphatic rings. The first-order valence-electron chi connectivity index (χ1n) is 4.59. The molecule has 0 aliphatic carbocycles. The summed E-state index contributed by atoms with van der Waals surface area (Å²) in [5.41, 5.74) is 0. The number of piperidine rings is 1. The largest absolute Gasteiger partial charge is 0.338 e. The van der Waals surface area contributed by atoms with E-state index in [1.165, 1.54) is 0 Å². The lowest BCUT2D eigenvalue weighted by Crippen LogP contribution is -2.42. The monoisotopic (exact) mass is 181 g/mol. The average molecular weight is 181 g/mol. The molecular weight excluding hydrogens is 166 g/mol. The summed E-state index contributed by atoms with van der Waals surface area (Å²) in [4.78, 5) is 24.3. The first-order chi connectivity index (χ1) is 6.15. The van der Waals surface area contributed by atoms with E-state index in [9.17, 15) is 9.59 Å². The predicted octanol–water partition coefficient (Wildman–Crippen LogP) is 1.00. The van der Waals surface area contributed by atoms with Crippen molar-refractivity contribution < 1.29 is 9.59 Å². The Balaban J connectivity index is 2.55. The smallest absolute Gasteiger partial charge is 0.246 e. The summed E-state index contributed by atoms with van der Waals surface area (Å²) < 4.78 is 0. The van der Waals surface area contributed by atoms with Gasteiger partial charge in [0.1, 0.15) is 5.78 Å². The van der Waals surface area contributed by atoms with Gasteiger partial charge in [0, 0.05) is 25.4 Å². The fourth-order valence-electron chi connectivity index (χ4n) is 1.46. The molecule has 3 heteroatoms. The number of Topliss-reactive ketones (excluding diaryl/α,β-unsaturated/α-hetero) is 1. The Morgan fingerprint density at radius 1 is 1.62 bits per heavy atom. The molecule has 3 nitrogen and oxygen atoms in total. The van der Waals surface area contributed by atoms with E-state index in [4.69, 9.17) is 0 Å². The van der Waals surface area contributed by atoms with Crippen molar-refractivity contribution in [3.05, 3.63) is 12.2 Å². The molecule has 1 amide bonds. The second-order valence-electron chi connectivity index (χ2n) is 3.40. The maximum atomic E-state index is 11.4. The van der Waals surface area contributed by atoms with Crippen LogP contribution < -0.4 is 0 Å². The van der Waals surface area contributed by atoms with E-state index in [0.717, 1.165) is 0 Å². The lowest BCUT2D eigenvalue weighted by molar-refractivity contribution is -0.133. The van der Waals surface area contributed by atoms with Crippen LogP contribution >= 0.6 is 0 Å². The number of carbonyl (C=O) groups is 2. The lowest BCUT2D eigenvalue weighted by atomic mass is 9.98. The molecule has 0 aromatic carbocycles. The summed E-state index contributed by atoms with van der Waals surface area (Å²) in [6.45, 7) is 4.84. The van der Waals surface area contributed by atoms with Crippen molar-refractivity contribution >= 4 is 11.7 Å². The quantitative estimate of drug-likeness (QED) is 0.566. The maximum absolute atomic E-state index is 11.4. The molecule has 0 N–H and O–H groups in total. The Hall–Kier alpha value is -1.12. The summed E-state index contributed by atoms with van der Waals surface area (Å²) >= 11 is 0.